The average molecular weight is 391 g/mol. The summed E-state index contributed by atoms with van der Waals surface area (Å²) in [4.78, 5) is 25.3. The highest BCUT2D eigenvalue weighted by molar-refractivity contribution is 7.90. The summed E-state index contributed by atoms with van der Waals surface area (Å²) in [5.74, 6) is -0.824. The molecule has 0 radical (unpaired) electrons. The highest BCUT2D eigenvalue weighted by Gasteiger charge is 2.72. The number of esters is 1. The minimum Gasteiger partial charge on any atom is -0.449 e. The Bertz CT molecular complexity index is 894. The Kier molecular flexibility index (Phi) is 3.97. The van der Waals surface area contributed by atoms with Crippen LogP contribution in [0, 0.1) is 16.7 Å². The van der Waals surface area contributed by atoms with Crippen molar-refractivity contribution >= 4 is 21.9 Å². The second kappa shape index (κ2) is 5.80. The molecule has 1 amide bonds. The molecule has 146 valence electrons. The molecule has 0 unspecified atom stereocenters. The maximum absolute atomic E-state index is 13.0. The molecule has 3 aliphatic rings. The Labute approximate surface area is 159 Å². The Morgan fingerprint density at radius 1 is 1.22 bits per heavy atom. The first-order valence-electron chi connectivity index (χ1n) is 9.42. The van der Waals surface area contributed by atoms with Crippen molar-refractivity contribution in [3.05, 3.63) is 35.9 Å². The lowest BCUT2D eigenvalue weighted by atomic mass is 9.69. The second-order valence-corrected chi connectivity index (χ2v) is 10.5. The van der Waals surface area contributed by atoms with Crippen molar-refractivity contribution in [3.8, 4) is 0 Å². The van der Waals surface area contributed by atoms with Gasteiger partial charge in [0.15, 0.2) is 6.10 Å². The van der Waals surface area contributed by atoms with Crippen molar-refractivity contribution in [1.82, 2.24) is 4.31 Å². The molecule has 1 aliphatic heterocycles. The molecule has 7 heteroatoms. The van der Waals surface area contributed by atoms with Crippen LogP contribution in [0.25, 0.3) is 0 Å². The lowest BCUT2D eigenvalue weighted by Gasteiger charge is -2.37. The van der Waals surface area contributed by atoms with Gasteiger partial charge in [0.2, 0.25) is 10.0 Å². The third kappa shape index (κ3) is 2.47. The third-order valence-electron chi connectivity index (χ3n) is 7.27. The number of carbonyl (C=O) groups excluding carboxylic acids is 2. The number of hydrogen-bond acceptors (Lipinski definition) is 5. The van der Waals surface area contributed by atoms with E-state index in [2.05, 4.69) is 13.8 Å². The minimum atomic E-state index is -3.71. The standard InChI is InChI=1S/C20H25NO5S/c1-13(26-18(23)14-7-5-4-6-8-14)17(22)21-16-11-15-9-10-20(16,19(15,2)3)12-27(21,24)25/h4-8,13,15-16H,9-12H2,1-3H3/t13-,15+,16+,20+/m0/s1. The molecule has 4 rings (SSSR count). The predicted octanol–water partition coefficient (Wildman–Crippen LogP) is 2.60. The molecule has 2 aliphatic carbocycles. The molecule has 1 saturated heterocycles. The first-order chi connectivity index (χ1) is 12.6. The highest BCUT2D eigenvalue weighted by Crippen LogP contribution is 2.70. The van der Waals surface area contributed by atoms with Crippen LogP contribution in [0.1, 0.15) is 50.4 Å². The molecule has 27 heavy (non-hydrogen) atoms. The molecule has 1 heterocycles. The maximum Gasteiger partial charge on any atom is 0.338 e. The number of rotatable bonds is 3. The van der Waals surface area contributed by atoms with Crippen molar-refractivity contribution in [1.29, 1.82) is 0 Å². The van der Waals surface area contributed by atoms with Gasteiger partial charge in [0.25, 0.3) is 5.91 Å². The largest absolute Gasteiger partial charge is 0.449 e. The van der Waals surface area contributed by atoms with Gasteiger partial charge in [-0.3, -0.25) is 4.79 Å². The van der Waals surface area contributed by atoms with Crippen molar-refractivity contribution in [2.75, 3.05) is 5.75 Å². The van der Waals surface area contributed by atoms with E-state index >= 15 is 0 Å². The molecule has 3 fully saturated rings. The van der Waals surface area contributed by atoms with Crippen molar-refractivity contribution in [2.24, 2.45) is 16.7 Å². The Morgan fingerprint density at radius 3 is 2.52 bits per heavy atom. The molecule has 0 N–H and O–H groups in total. The summed E-state index contributed by atoms with van der Waals surface area (Å²) in [6.45, 7) is 5.71. The second-order valence-electron chi connectivity index (χ2n) is 8.67. The third-order valence-corrected chi connectivity index (χ3v) is 9.18. The summed E-state index contributed by atoms with van der Waals surface area (Å²) in [6, 6.07) is 8.06. The fourth-order valence-electron chi connectivity index (χ4n) is 5.61. The van der Waals surface area contributed by atoms with Crippen LogP contribution in [0.5, 0.6) is 0 Å². The summed E-state index contributed by atoms with van der Waals surface area (Å²) >= 11 is 0. The van der Waals surface area contributed by atoms with E-state index in [0.29, 0.717) is 17.9 Å². The van der Waals surface area contributed by atoms with E-state index in [1.165, 1.54) is 6.92 Å². The van der Waals surface area contributed by atoms with Gasteiger partial charge in [0, 0.05) is 5.41 Å². The average Bonchev–Trinajstić information content (AvgIpc) is 3.09. The van der Waals surface area contributed by atoms with E-state index < -0.39 is 28.0 Å². The fourth-order valence-corrected chi connectivity index (χ4v) is 8.21. The molecular weight excluding hydrogens is 366 g/mol. The molecule has 2 bridgehead atoms. The molecule has 4 atom stereocenters. The van der Waals surface area contributed by atoms with Crippen LogP contribution in [0.2, 0.25) is 0 Å². The Hall–Kier alpha value is -1.89. The van der Waals surface area contributed by atoms with Crippen LogP contribution in [0.15, 0.2) is 30.3 Å². The van der Waals surface area contributed by atoms with E-state index in [9.17, 15) is 18.0 Å². The fraction of sp³-hybridized carbons (Fsp3) is 0.600. The summed E-state index contributed by atoms with van der Waals surface area (Å²) in [5.41, 5.74) is -0.155. The zero-order chi connectivity index (χ0) is 19.6. The van der Waals surface area contributed by atoms with Crippen molar-refractivity contribution in [2.45, 2.75) is 52.2 Å². The van der Waals surface area contributed by atoms with Crippen LogP contribution >= 0.6 is 0 Å². The molecule has 1 aromatic rings. The number of benzene rings is 1. The van der Waals surface area contributed by atoms with Crippen molar-refractivity contribution < 1.29 is 22.7 Å². The van der Waals surface area contributed by atoms with Gasteiger partial charge in [-0.05, 0) is 49.7 Å². The topological polar surface area (TPSA) is 80.8 Å². The maximum atomic E-state index is 13.0. The molecule has 0 aromatic heterocycles. The highest BCUT2D eigenvalue weighted by atomic mass is 32.2. The van der Waals surface area contributed by atoms with E-state index in [4.69, 9.17) is 4.74 Å². The minimum absolute atomic E-state index is 0.0132. The smallest absolute Gasteiger partial charge is 0.338 e. The van der Waals surface area contributed by atoms with Crippen LogP contribution < -0.4 is 0 Å². The quantitative estimate of drug-likeness (QED) is 0.740. The number of amides is 1. The van der Waals surface area contributed by atoms with Crippen molar-refractivity contribution in [3.63, 3.8) is 0 Å². The Balaban J connectivity index is 1.58. The van der Waals surface area contributed by atoms with Gasteiger partial charge in [-0.15, -0.1) is 0 Å². The summed E-state index contributed by atoms with van der Waals surface area (Å²) < 4.78 is 32.2. The van der Waals surface area contributed by atoms with E-state index in [1.54, 1.807) is 30.3 Å². The van der Waals surface area contributed by atoms with Gasteiger partial charge in [-0.1, -0.05) is 32.0 Å². The SMILES string of the molecule is C[C@H](OC(=O)c1ccccc1)C(=O)N1[C@@H]2C[C@H]3CC[C@]2(CS1(=O)=O)C3(C)C. The van der Waals surface area contributed by atoms with Crippen LogP contribution in [0.3, 0.4) is 0 Å². The predicted molar refractivity (Wildman–Crippen MR) is 99.3 cm³/mol. The van der Waals surface area contributed by atoms with E-state index in [1.807, 2.05) is 0 Å². The molecular formula is C20H25NO5S. The van der Waals surface area contributed by atoms with E-state index in [-0.39, 0.29) is 22.6 Å². The number of fused-ring (bicyclic) bond motifs is 1. The summed E-state index contributed by atoms with van der Waals surface area (Å²) in [5, 5.41) is 0. The van der Waals surface area contributed by atoms with Gasteiger partial charge in [-0.2, -0.15) is 0 Å². The number of sulfonamides is 1. The first kappa shape index (κ1) is 18.5. The monoisotopic (exact) mass is 391 g/mol. The normalized spacial score (nSPS) is 33.5. The van der Waals surface area contributed by atoms with Crippen LogP contribution in [-0.4, -0.2) is 42.5 Å². The molecule has 2 saturated carbocycles. The zero-order valence-electron chi connectivity index (χ0n) is 15.8. The molecule has 1 spiro atoms. The van der Waals surface area contributed by atoms with Gasteiger partial charge >= 0.3 is 5.97 Å². The number of ether oxygens (including phenoxy) is 1. The van der Waals surface area contributed by atoms with Gasteiger partial charge < -0.3 is 4.74 Å². The van der Waals surface area contributed by atoms with E-state index in [0.717, 1.165) is 17.1 Å². The number of nitrogens with zero attached hydrogens (tertiary/aromatic N) is 1. The number of carbonyl (C=O) groups is 2. The summed E-state index contributed by atoms with van der Waals surface area (Å²) in [7, 11) is -3.71. The molecule has 1 aromatic carbocycles. The van der Waals surface area contributed by atoms with Crippen LogP contribution in [0.4, 0.5) is 0 Å². The van der Waals surface area contributed by atoms with Gasteiger partial charge in [-0.25, -0.2) is 17.5 Å². The lowest BCUT2D eigenvalue weighted by Crippen LogP contribution is -2.48. The first-order valence-corrected chi connectivity index (χ1v) is 11.0. The number of hydrogen-bond donors (Lipinski definition) is 0. The zero-order valence-corrected chi connectivity index (χ0v) is 16.7. The molecule has 6 nitrogen and oxygen atoms in total. The lowest BCUT2D eigenvalue weighted by molar-refractivity contribution is -0.137. The van der Waals surface area contributed by atoms with Crippen LogP contribution in [-0.2, 0) is 19.6 Å². The summed E-state index contributed by atoms with van der Waals surface area (Å²) in [6.07, 6.45) is 1.40. The van der Waals surface area contributed by atoms with Gasteiger partial charge in [0.1, 0.15) is 0 Å². The van der Waals surface area contributed by atoms with Gasteiger partial charge in [0.05, 0.1) is 17.4 Å². The Morgan fingerprint density at radius 2 is 1.89 bits per heavy atom.